The molecule has 0 fully saturated rings. The van der Waals surface area contributed by atoms with Crippen molar-refractivity contribution >= 4 is 13.7 Å². The number of nitrogens with zero attached hydrogens (tertiary/aromatic N) is 1. The Kier molecular flexibility index (Phi) is 55.0. The summed E-state index contributed by atoms with van der Waals surface area (Å²) in [7, 11) is 1.56. The van der Waals surface area contributed by atoms with E-state index in [4.69, 9.17) is 9.05 Å². The summed E-state index contributed by atoms with van der Waals surface area (Å²) in [4.78, 5) is 23.3. The van der Waals surface area contributed by atoms with Crippen molar-refractivity contribution in [2.75, 3.05) is 40.9 Å². The van der Waals surface area contributed by atoms with Crippen molar-refractivity contribution in [3.63, 3.8) is 0 Å². The predicted molar refractivity (Wildman–Crippen MR) is 323 cm³/mol. The highest BCUT2D eigenvalue weighted by molar-refractivity contribution is 7.47. The fraction of sp³-hybridized carbons (Fsp3) is 0.862. The van der Waals surface area contributed by atoms with Gasteiger partial charge < -0.3 is 19.8 Å². The Bertz CT molecular complexity index is 1340. The number of aliphatic hydroxyl groups excluding tert-OH is 1. The van der Waals surface area contributed by atoms with Gasteiger partial charge in [0, 0.05) is 6.42 Å². The molecule has 0 aromatic heterocycles. The molecule has 3 N–H and O–H groups in total. The first kappa shape index (κ1) is 72.5. The summed E-state index contributed by atoms with van der Waals surface area (Å²) in [5.74, 6) is -0.186. The van der Waals surface area contributed by atoms with E-state index in [1.807, 2.05) is 27.2 Å². The van der Waals surface area contributed by atoms with Gasteiger partial charge in [0.15, 0.2) is 0 Å². The molecular formula is C65H126N2O6P+. The molecule has 0 aliphatic carbocycles. The normalized spacial score (nSPS) is 14.1. The first-order chi connectivity index (χ1) is 36.0. The van der Waals surface area contributed by atoms with Gasteiger partial charge in [-0.1, -0.05) is 281 Å². The molecule has 436 valence electrons. The average Bonchev–Trinajstić information content (AvgIpc) is 3.36. The van der Waals surface area contributed by atoms with Crippen LogP contribution in [-0.4, -0.2) is 73.4 Å². The molecule has 0 heterocycles. The zero-order chi connectivity index (χ0) is 54.2. The van der Waals surface area contributed by atoms with Gasteiger partial charge >= 0.3 is 7.82 Å². The minimum Gasteiger partial charge on any atom is -0.387 e. The Morgan fingerprint density at radius 3 is 1.08 bits per heavy atom. The predicted octanol–water partition coefficient (Wildman–Crippen LogP) is 19.9. The molecule has 8 nitrogen and oxygen atoms in total. The third-order valence-electron chi connectivity index (χ3n) is 14.5. The van der Waals surface area contributed by atoms with Gasteiger partial charge in [0.1, 0.15) is 13.2 Å². The van der Waals surface area contributed by atoms with Crippen LogP contribution in [0.3, 0.4) is 0 Å². The quantitative estimate of drug-likeness (QED) is 0.0243. The maximum Gasteiger partial charge on any atom is 0.472 e. The van der Waals surface area contributed by atoms with Crippen LogP contribution in [0.1, 0.15) is 309 Å². The Labute approximate surface area is 460 Å². The van der Waals surface area contributed by atoms with Crippen molar-refractivity contribution in [2.45, 2.75) is 321 Å². The molecule has 0 saturated carbocycles. The highest BCUT2D eigenvalue weighted by Gasteiger charge is 2.27. The summed E-state index contributed by atoms with van der Waals surface area (Å²) < 4.78 is 23.7. The summed E-state index contributed by atoms with van der Waals surface area (Å²) in [5.41, 5.74) is 0. The zero-order valence-corrected chi connectivity index (χ0v) is 50.7. The number of rotatable bonds is 59. The van der Waals surface area contributed by atoms with Crippen LogP contribution in [0.4, 0.5) is 0 Å². The van der Waals surface area contributed by atoms with Gasteiger partial charge in [-0.2, -0.15) is 0 Å². The van der Waals surface area contributed by atoms with Crippen molar-refractivity contribution in [3.8, 4) is 0 Å². The van der Waals surface area contributed by atoms with E-state index in [0.29, 0.717) is 17.4 Å². The number of amides is 1. The van der Waals surface area contributed by atoms with Crippen LogP contribution in [0.5, 0.6) is 0 Å². The number of quaternary nitrogens is 1. The van der Waals surface area contributed by atoms with E-state index in [2.05, 4.69) is 55.6 Å². The molecule has 0 radical (unpaired) electrons. The van der Waals surface area contributed by atoms with E-state index in [-0.39, 0.29) is 19.1 Å². The summed E-state index contributed by atoms with van der Waals surface area (Å²) in [6.45, 7) is 4.82. The summed E-state index contributed by atoms with van der Waals surface area (Å²) in [5, 5.41) is 13.9. The summed E-state index contributed by atoms with van der Waals surface area (Å²) in [6, 6.07) is -0.870. The van der Waals surface area contributed by atoms with Crippen LogP contribution in [0, 0.1) is 0 Å². The fourth-order valence-electron chi connectivity index (χ4n) is 9.48. The maximum atomic E-state index is 13.0. The third-order valence-corrected chi connectivity index (χ3v) is 15.5. The van der Waals surface area contributed by atoms with Crippen molar-refractivity contribution in [2.24, 2.45) is 0 Å². The summed E-state index contributed by atoms with van der Waals surface area (Å²) in [6.07, 6.45) is 75.3. The minimum absolute atomic E-state index is 0.0543. The lowest BCUT2D eigenvalue weighted by Crippen LogP contribution is -2.45. The zero-order valence-electron chi connectivity index (χ0n) is 49.8. The number of hydrogen-bond donors (Lipinski definition) is 3. The van der Waals surface area contributed by atoms with Crippen LogP contribution in [0.15, 0.2) is 48.6 Å². The van der Waals surface area contributed by atoms with Gasteiger partial charge in [0.05, 0.1) is 39.9 Å². The van der Waals surface area contributed by atoms with E-state index in [1.54, 1.807) is 6.08 Å². The van der Waals surface area contributed by atoms with Gasteiger partial charge in [0.2, 0.25) is 5.91 Å². The number of hydrogen-bond acceptors (Lipinski definition) is 5. The first-order valence-electron chi connectivity index (χ1n) is 32.0. The Morgan fingerprint density at radius 2 is 0.743 bits per heavy atom. The van der Waals surface area contributed by atoms with Crippen LogP contribution in [0.25, 0.3) is 0 Å². The van der Waals surface area contributed by atoms with Crippen LogP contribution in [-0.2, 0) is 18.4 Å². The molecule has 9 heteroatoms. The largest absolute Gasteiger partial charge is 0.472 e. The number of likely N-dealkylation sites (N-methyl/N-ethyl adjacent to an activating group) is 1. The van der Waals surface area contributed by atoms with E-state index < -0.39 is 20.0 Å². The number of carbonyl (C=O) groups is 1. The van der Waals surface area contributed by atoms with Gasteiger partial charge in [-0.25, -0.2) is 4.57 Å². The van der Waals surface area contributed by atoms with Crippen molar-refractivity contribution in [3.05, 3.63) is 48.6 Å². The van der Waals surface area contributed by atoms with Crippen molar-refractivity contribution in [1.29, 1.82) is 0 Å². The van der Waals surface area contributed by atoms with Crippen LogP contribution in [0.2, 0.25) is 0 Å². The topological polar surface area (TPSA) is 105 Å². The van der Waals surface area contributed by atoms with Gasteiger partial charge in [0.25, 0.3) is 0 Å². The average molecular weight is 1060 g/mol. The molecule has 74 heavy (non-hydrogen) atoms. The van der Waals surface area contributed by atoms with Gasteiger partial charge in [-0.3, -0.25) is 13.8 Å². The molecular weight excluding hydrogens is 936 g/mol. The van der Waals surface area contributed by atoms with E-state index in [9.17, 15) is 19.4 Å². The first-order valence-corrected chi connectivity index (χ1v) is 33.5. The Morgan fingerprint density at radius 1 is 0.446 bits per heavy atom. The highest BCUT2D eigenvalue weighted by Crippen LogP contribution is 2.43. The molecule has 0 aromatic carbocycles. The molecule has 3 atom stereocenters. The van der Waals surface area contributed by atoms with Crippen molar-refractivity contribution in [1.82, 2.24) is 5.32 Å². The molecule has 1 amide bonds. The number of unbranched alkanes of at least 4 members (excludes halogenated alkanes) is 40. The smallest absolute Gasteiger partial charge is 0.387 e. The molecule has 0 spiro atoms. The van der Waals surface area contributed by atoms with Gasteiger partial charge in [-0.15, -0.1) is 0 Å². The minimum atomic E-state index is -4.36. The monoisotopic (exact) mass is 1060 g/mol. The molecule has 0 bridgehead atoms. The number of allylic oxidation sites excluding steroid dienone is 7. The molecule has 0 aromatic rings. The number of phosphoric acid groups is 1. The summed E-state index contributed by atoms with van der Waals surface area (Å²) >= 11 is 0. The fourth-order valence-corrected chi connectivity index (χ4v) is 10.2. The van der Waals surface area contributed by atoms with Crippen LogP contribution >= 0.6 is 7.82 Å². The van der Waals surface area contributed by atoms with E-state index >= 15 is 0 Å². The Balaban J connectivity index is 4.07. The lowest BCUT2D eigenvalue weighted by Gasteiger charge is -2.25. The molecule has 3 unspecified atom stereocenters. The number of nitrogens with one attached hydrogen (secondary N) is 1. The van der Waals surface area contributed by atoms with E-state index in [1.165, 1.54) is 244 Å². The lowest BCUT2D eigenvalue weighted by molar-refractivity contribution is -0.870. The second-order valence-electron chi connectivity index (χ2n) is 23.1. The van der Waals surface area contributed by atoms with Crippen LogP contribution < -0.4 is 5.32 Å². The van der Waals surface area contributed by atoms with Gasteiger partial charge in [-0.05, 0) is 70.6 Å². The molecule has 0 rings (SSSR count). The standard InChI is InChI=1S/C65H125N2O6P/c1-6-8-10-12-14-16-18-20-22-24-26-27-28-29-30-31-32-33-34-35-36-37-38-39-41-43-45-47-49-51-53-55-57-59-65(69)66-63(62-73-74(70,71)72-61-60-67(3,4)5)64(68)58-56-54-52-50-48-46-44-42-40-25-23-21-19-17-15-13-11-9-7-2/h24,26,40,42,48,50,56,58,63-64,68H,6-23,25,27-39,41,43-47,49,51-55,57,59-62H2,1-5H3,(H-,66,69,70,71)/p+1/b26-24-,42-40+,50-48+,58-56+. The van der Waals surface area contributed by atoms with E-state index in [0.717, 1.165) is 44.9 Å². The molecule has 0 aliphatic rings. The highest BCUT2D eigenvalue weighted by atomic mass is 31.2. The molecule has 0 saturated heterocycles. The third kappa shape index (κ3) is 58.1. The molecule has 0 aliphatic heterocycles. The van der Waals surface area contributed by atoms with Crippen molar-refractivity contribution < 1.29 is 32.9 Å². The maximum absolute atomic E-state index is 13.0. The second kappa shape index (κ2) is 56.2. The number of aliphatic hydroxyl groups is 1. The SMILES string of the molecule is CCCCCCCCCC/C=C\CCCCCCCCCCCCCCCCCCCCCCCC(=O)NC(COP(=O)(O)OCC[N+](C)(C)C)C(O)/C=C/CC/C=C/CC/C=C/CCCCCCCCCCC. The second-order valence-corrected chi connectivity index (χ2v) is 24.6. The number of phosphoric ester groups is 1. The number of carbonyl (C=O) groups excluding carboxylic acids is 1. The Hall–Kier alpha value is -1.54. The lowest BCUT2D eigenvalue weighted by atomic mass is 10.0.